The molecule has 0 spiro atoms. The molecule has 0 aromatic heterocycles. The van der Waals surface area contributed by atoms with Gasteiger partial charge in [-0.3, -0.25) is 14.9 Å². The lowest BCUT2D eigenvalue weighted by Crippen LogP contribution is -2.29. The van der Waals surface area contributed by atoms with Gasteiger partial charge in [0, 0.05) is 24.7 Å². The normalized spacial score (nSPS) is 10.4. The maximum absolute atomic E-state index is 11.5. The molecule has 0 bridgehead atoms. The van der Waals surface area contributed by atoms with E-state index in [1.54, 1.807) is 17.0 Å². The first-order chi connectivity index (χ1) is 11.5. The van der Waals surface area contributed by atoms with Crippen LogP contribution in [0.1, 0.15) is 22.8 Å². The van der Waals surface area contributed by atoms with E-state index in [9.17, 15) is 20.0 Å². The summed E-state index contributed by atoms with van der Waals surface area (Å²) in [6.45, 7) is 2.08. The van der Waals surface area contributed by atoms with Crippen molar-refractivity contribution >= 4 is 17.2 Å². The minimum absolute atomic E-state index is 0.111. The molecule has 0 aliphatic rings. The number of hydrogen-bond donors (Lipinski definition) is 1. The monoisotopic (exact) mass is 328 g/mol. The Hall–Kier alpha value is -2.73. The minimum Gasteiger partial charge on any atom is -0.395 e. The Balaban J connectivity index is 2.29. The van der Waals surface area contributed by atoms with E-state index in [4.69, 9.17) is 0 Å². The molecule has 0 amide bonds. The largest absolute Gasteiger partial charge is 0.395 e. The van der Waals surface area contributed by atoms with E-state index in [1.165, 1.54) is 13.0 Å². The van der Waals surface area contributed by atoms with Crippen molar-refractivity contribution in [2.45, 2.75) is 13.3 Å². The number of carbonyl (C=O) groups excluding carboxylic acids is 1. The highest BCUT2D eigenvalue weighted by atomic mass is 16.6. The summed E-state index contributed by atoms with van der Waals surface area (Å²) in [5, 5.41) is 20.7. The van der Waals surface area contributed by atoms with Crippen LogP contribution in [0.25, 0.3) is 0 Å². The van der Waals surface area contributed by atoms with Crippen LogP contribution in [0.3, 0.4) is 0 Å². The zero-order chi connectivity index (χ0) is 17.5. The van der Waals surface area contributed by atoms with E-state index in [-0.39, 0.29) is 24.6 Å². The molecule has 0 saturated heterocycles. The average molecular weight is 328 g/mol. The Labute approximate surface area is 140 Å². The molecule has 0 radical (unpaired) electrons. The SMILES string of the molecule is CC(=O)c1ccc(N(CCO)CCc2ccccc2)c([N+](=O)[O-])c1. The van der Waals surface area contributed by atoms with E-state index in [2.05, 4.69) is 0 Å². The average Bonchev–Trinajstić information content (AvgIpc) is 2.59. The van der Waals surface area contributed by atoms with Gasteiger partial charge in [-0.1, -0.05) is 30.3 Å². The molecule has 1 N–H and O–H groups in total. The van der Waals surface area contributed by atoms with Gasteiger partial charge in [0.1, 0.15) is 5.69 Å². The fraction of sp³-hybridized carbons (Fsp3) is 0.278. The molecule has 2 aromatic rings. The predicted molar refractivity (Wildman–Crippen MR) is 92.5 cm³/mol. The third-order valence-corrected chi connectivity index (χ3v) is 3.80. The van der Waals surface area contributed by atoms with Crippen LogP contribution in [0.2, 0.25) is 0 Å². The number of nitrogens with zero attached hydrogens (tertiary/aromatic N) is 2. The number of aliphatic hydroxyl groups excluding tert-OH is 1. The number of nitro benzene ring substituents is 1. The van der Waals surface area contributed by atoms with Crippen molar-refractivity contribution in [1.82, 2.24) is 0 Å². The van der Waals surface area contributed by atoms with Gasteiger partial charge in [0.05, 0.1) is 11.5 Å². The lowest BCUT2D eigenvalue weighted by Gasteiger charge is -2.24. The third-order valence-electron chi connectivity index (χ3n) is 3.80. The van der Waals surface area contributed by atoms with Gasteiger partial charge in [-0.05, 0) is 31.0 Å². The van der Waals surface area contributed by atoms with Crippen LogP contribution in [-0.2, 0) is 6.42 Å². The van der Waals surface area contributed by atoms with Crippen LogP contribution in [-0.4, -0.2) is 35.5 Å². The van der Waals surface area contributed by atoms with Gasteiger partial charge < -0.3 is 10.0 Å². The fourth-order valence-electron chi connectivity index (χ4n) is 2.54. The van der Waals surface area contributed by atoms with Crippen molar-refractivity contribution in [2.75, 3.05) is 24.6 Å². The lowest BCUT2D eigenvalue weighted by molar-refractivity contribution is -0.384. The van der Waals surface area contributed by atoms with Crippen molar-refractivity contribution in [3.05, 3.63) is 69.8 Å². The Morgan fingerprint density at radius 1 is 1.17 bits per heavy atom. The summed E-state index contributed by atoms with van der Waals surface area (Å²) in [5.74, 6) is -0.220. The van der Waals surface area contributed by atoms with E-state index in [0.717, 1.165) is 5.56 Å². The van der Waals surface area contributed by atoms with E-state index >= 15 is 0 Å². The zero-order valence-electron chi connectivity index (χ0n) is 13.5. The molecule has 0 fully saturated rings. The van der Waals surface area contributed by atoms with Gasteiger partial charge in [-0.25, -0.2) is 0 Å². The maximum Gasteiger partial charge on any atom is 0.293 e. The smallest absolute Gasteiger partial charge is 0.293 e. The molecular weight excluding hydrogens is 308 g/mol. The number of anilines is 1. The molecule has 0 aliphatic carbocycles. The van der Waals surface area contributed by atoms with Gasteiger partial charge in [-0.2, -0.15) is 0 Å². The standard InChI is InChI=1S/C18H20N2O4/c1-14(22)16-7-8-17(18(13-16)20(23)24)19(11-12-21)10-9-15-5-3-2-4-6-15/h2-8,13,21H,9-12H2,1H3. The van der Waals surface area contributed by atoms with Gasteiger partial charge in [0.15, 0.2) is 5.78 Å². The number of hydrogen-bond acceptors (Lipinski definition) is 5. The van der Waals surface area contributed by atoms with Gasteiger partial charge in [0.2, 0.25) is 0 Å². The van der Waals surface area contributed by atoms with Crippen molar-refractivity contribution in [1.29, 1.82) is 0 Å². The van der Waals surface area contributed by atoms with Crippen LogP contribution in [0, 0.1) is 10.1 Å². The number of nitro groups is 1. The van der Waals surface area contributed by atoms with Crippen LogP contribution in [0.5, 0.6) is 0 Å². The van der Waals surface area contributed by atoms with E-state index in [0.29, 0.717) is 24.2 Å². The van der Waals surface area contributed by atoms with Crippen molar-refractivity contribution in [3.8, 4) is 0 Å². The van der Waals surface area contributed by atoms with Crippen molar-refractivity contribution < 1.29 is 14.8 Å². The third kappa shape index (κ3) is 4.39. The summed E-state index contributed by atoms with van der Waals surface area (Å²) < 4.78 is 0. The van der Waals surface area contributed by atoms with Gasteiger partial charge in [0.25, 0.3) is 5.69 Å². The Morgan fingerprint density at radius 3 is 2.46 bits per heavy atom. The Bertz CT molecular complexity index is 716. The van der Waals surface area contributed by atoms with Crippen molar-refractivity contribution in [3.63, 3.8) is 0 Å². The second-order valence-corrected chi connectivity index (χ2v) is 5.46. The second kappa shape index (κ2) is 8.21. The van der Waals surface area contributed by atoms with Gasteiger partial charge >= 0.3 is 0 Å². The topological polar surface area (TPSA) is 83.7 Å². The van der Waals surface area contributed by atoms with Gasteiger partial charge in [-0.15, -0.1) is 0 Å². The zero-order valence-corrected chi connectivity index (χ0v) is 13.5. The first kappa shape index (κ1) is 17.6. The molecular formula is C18H20N2O4. The number of ketones is 1. The quantitative estimate of drug-likeness (QED) is 0.458. The molecule has 0 aliphatic heterocycles. The molecule has 6 heteroatoms. The minimum atomic E-state index is -0.491. The molecule has 0 atom stereocenters. The number of benzene rings is 2. The molecule has 0 heterocycles. The molecule has 0 unspecified atom stereocenters. The first-order valence-electron chi connectivity index (χ1n) is 7.72. The molecule has 6 nitrogen and oxygen atoms in total. The summed E-state index contributed by atoms with van der Waals surface area (Å²) >= 11 is 0. The molecule has 24 heavy (non-hydrogen) atoms. The number of aliphatic hydroxyl groups is 1. The number of rotatable bonds is 8. The highest BCUT2D eigenvalue weighted by Gasteiger charge is 2.21. The Morgan fingerprint density at radius 2 is 1.88 bits per heavy atom. The maximum atomic E-state index is 11.5. The summed E-state index contributed by atoms with van der Waals surface area (Å²) in [6, 6.07) is 14.2. The summed E-state index contributed by atoms with van der Waals surface area (Å²) in [5.41, 5.74) is 1.71. The summed E-state index contributed by atoms with van der Waals surface area (Å²) in [4.78, 5) is 24.1. The first-order valence-corrected chi connectivity index (χ1v) is 7.72. The summed E-state index contributed by atoms with van der Waals surface area (Å²) in [6.07, 6.45) is 0.701. The van der Waals surface area contributed by atoms with Crippen LogP contribution >= 0.6 is 0 Å². The number of Topliss-reactive ketones (excluding diaryl/α,β-unsaturated/α-hetero) is 1. The van der Waals surface area contributed by atoms with Crippen LogP contribution in [0.15, 0.2) is 48.5 Å². The molecule has 126 valence electrons. The summed E-state index contributed by atoms with van der Waals surface area (Å²) in [7, 11) is 0. The van der Waals surface area contributed by atoms with Crippen LogP contribution < -0.4 is 4.90 Å². The molecule has 2 rings (SSSR count). The van der Waals surface area contributed by atoms with E-state index in [1.807, 2.05) is 30.3 Å². The molecule has 0 saturated carbocycles. The number of carbonyl (C=O) groups is 1. The lowest BCUT2D eigenvalue weighted by atomic mass is 10.1. The highest BCUT2D eigenvalue weighted by molar-refractivity contribution is 5.95. The Kier molecular flexibility index (Phi) is 6.03. The fourth-order valence-corrected chi connectivity index (χ4v) is 2.54. The second-order valence-electron chi connectivity index (χ2n) is 5.46. The van der Waals surface area contributed by atoms with Crippen LogP contribution in [0.4, 0.5) is 11.4 Å². The van der Waals surface area contributed by atoms with Crippen molar-refractivity contribution in [2.24, 2.45) is 0 Å². The highest BCUT2D eigenvalue weighted by Crippen LogP contribution is 2.29. The molecule has 2 aromatic carbocycles. The van der Waals surface area contributed by atoms with E-state index < -0.39 is 4.92 Å². The predicted octanol–water partition coefficient (Wildman–Crippen LogP) is 2.84.